The zero-order valence-electron chi connectivity index (χ0n) is 22.2. The van der Waals surface area contributed by atoms with Gasteiger partial charge in [-0.1, -0.05) is 30.3 Å². The van der Waals surface area contributed by atoms with Gasteiger partial charge in [0, 0.05) is 41.6 Å². The monoisotopic (exact) mass is 610 g/mol. The fraction of sp³-hybridized carbons (Fsp3) is 0.185. The Morgan fingerprint density at radius 3 is 2.21 bits per heavy atom. The fourth-order valence-electron chi connectivity index (χ4n) is 4.26. The molecule has 0 aliphatic rings. The highest BCUT2D eigenvalue weighted by Gasteiger charge is 2.39. The summed E-state index contributed by atoms with van der Waals surface area (Å²) in [5, 5.41) is 15.2. The molecule has 3 aromatic heterocycles. The van der Waals surface area contributed by atoms with Gasteiger partial charge in [0.05, 0.1) is 13.3 Å². The maximum Gasteiger partial charge on any atom is 0.490 e. The molecule has 3 N–H and O–H groups in total. The van der Waals surface area contributed by atoms with Gasteiger partial charge in [-0.2, -0.15) is 23.3 Å². The third-order valence-corrected chi connectivity index (χ3v) is 6.06. The van der Waals surface area contributed by atoms with Crippen molar-refractivity contribution in [1.82, 2.24) is 24.4 Å². The molecule has 5 rings (SSSR count). The van der Waals surface area contributed by atoms with Crippen LogP contribution in [0.15, 0.2) is 67.1 Å². The van der Waals surface area contributed by atoms with Crippen LogP contribution in [0.3, 0.4) is 0 Å². The number of methoxy groups -OCH3 is 1. The minimum Gasteiger partial charge on any atom is -0.492 e. The first-order valence-electron chi connectivity index (χ1n) is 12.1. The molecular formula is C27H21F7N6O3. The number of hydrogen-bond donors (Lipinski definition) is 2. The summed E-state index contributed by atoms with van der Waals surface area (Å²) < 4.78 is 98.1. The molecule has 2 aromatic carbocycles. The normalized spacial score (nSPS) is 12.5. The largest absolute Gasteiger partial charge is 0.492 e. The van der Waals surface area contributed by atoms with Crippen LogP contribution in [0, 0.1) is 11.6 Å². The maximum atomic E-state index is 15.8. The number of nitrogen functional groups attached to an aromatic ring is 1. The van der Waals surface area contributed by atoms with Gasteiger partial charge in [-0.3, -0.25) is 4.68 Å². The standard InChI is InChI=1S/C25H20F4N6O.C2HF3O2/c1-25(28,29)22(14-6-8-16(26)9-7-14)35-13-15(12-31-35)17-4-3-5-18(20(17)27)19-10-11-34-23(21(19)36-2)32-24(30)33-34;3-2(4,5)1(6)7/h3-13,22H,1-2H3,(H2,30,33);(H,6,7)/t22-;/m1./s1. The van der Waals surface area contributed by atoms with Crippen LogP contribution in [0.2, 0.25) is 0 Å². The Morgan fingerprint density at radius 2 is 1.63 bits per heavy atom. The molecule has 1 atom stereocenters. The smallest absolute Gasteiger partial charge is 0.490 e. The van der Waals surface area contributed by atoms with Crippen molar-refractivity contribution in [2.45, 2.75) is 25.1 Å². The number of halogens is 7. The first-order valence-corrected chi connectivity index (χ1v) is 12.1. The van der Waals surface area contributed by atoms with Crippen LogP contribution >= 0.6 is 0 Å². The van der Waals surface area contributed by atoms with Crippen molar-refractivity contribution in [2.75, 3.05) is 12.8 Å². The highest BCUT2D eigenvalue weighted by molar-refractivity contribution is 5.81. The van der Waals surface area contributed by atoms with Gasteiger partial charge in [0.1, 0.15) is 17.7 Å². The summed E-state index contributed by atoms with van der Waals surface area (Å²) >= 11 is 0. The van der Waals surface area contributed by atoms with Crippen molar-refractivity contribution in [3.8, 4) is 28.0 Å². The molecule has 0 radical (unpaired) electrons. The van der Waals surface area contributed by atoms with Gasteiger partial charge in [0.2, 0.25) is 5.95 Å². The van der Waals surface area contributed by atoms with E-state index < -0.39 is 35.7 Å². The molecule has 9 nitrogen and oxygen atoms in total. The van der Waals surface area contributed by atoms with E-state index in [1.165, 1.54) is 42.2 Å². The summed E-state index contributed by atoms with van der Waals surface area (Å²) in [4.78, 5) is 13.0. The second-order valence-corrected chi connectivity index (χ2v) is 9.09. The molecule has 0 saturated heterocycles. The lowest BCUT2D eigenvalue weighted by molar-refractivity contribution is -0.192. The third-order valence-electron chi connectivity index (χ3n) is 6.06. The van der Waals surface area contributed by atoms with Crippen LogP contribution in [0.5, 0.6) is 5.75 Å². The van der Waals surface area contributed by atoms with E-state index in [9.17, 15) is 26.3 Å². The van der Waals surface area contributed by atoms with Crippen molar-refractivity contribution in [1.29, 1.82) is 0 Å². The van der Waals surface area contributed by atoms with Crippen LogP contribution in [-0.2, 0) is 4.79 Å². The molecule has 0 unspecified atom stereocenters. The number of carbonyl (C=O) groups is 1. The predicted octanol–water partition coefficient (Wildman–Crippen LogP) is 6.01. The van der Waals surface area contributed by atoms with E-state index in [-0.39, 0.29) is 34.0 Å². The lowest BCUT2D eigenvalue weighted by Gasteiger charge is -2.24. The minimum absolute atomic E-state index is 0.0375. The van der Waals surface area contributed by atoms with E-state index in [4.69, 9.17) is 20.4 Å². The molecule has 0 fully saturated rings. The number of ether oxygens (including phenoxy) is 1. The van der Waals surface area contributed by atoms with Crippen LogP contribution in [0.4, 0.5) is 36.7 Å². The summed E-state index contributed by atoms with van der Waals surface area (Å²) in [5.74, 6) is -6.82. The van der Waals surface area contributed by atoms with E-state index in [2.05, 4.69) is 15.2 Å². The average Bonchev–Trinajstić information content (AvgIpc) is 3.54. The van der Waals surface area contributed by atoms with Gasteiger partial charge in [-0.15, -0.1) is 5.10 Å². The Hall–Kier alpha value is -5.15. The van der Waals surface area contributed by atoms with Gasteiger partial charge in [0.25, 0.3) is 5.92 Å². The lowest BCUT2D eigenvalue weighted by atomic mass is 9.99. The van der Waals surface area contributed by atoms with Crippen LogP contribution in [0.1, 0.15) is 18.5 Å². The number of anilines is 1. The predicted molar refractivity (Wildman–Crippen MR) is 139 cm³/mol. The van der Waals surface area contributed by atoms with Crippen molar-refractivity contribution in [2.24, 2.45) is 0 Å². The summed E-state index contributed by atoms with van der Waals surface area (Å²) in [5.41, 5.74) is 7.23. The number of pyridine rings is 1. The van der Waals surface area contributed by atoms with Gasteiger partial charge < -0.3 is 15.6 Å². The Kier molecular flexibility index (Phi) is 8.32. The minimum atomic E-state index is -5.08. The Labute approximate surface area is 237 Å². The fourth-order valence-corrected chi connectivity index (χ4v) is 4.26. The van der Waals surface area contributed by atoms with Crippen molar-refractivity contribution < 1.29 is 45.4 Å². The number of aromatic nitrogens is 5. The quantitative estimate of drug-likeness (QED) is 0.226. The van der Waals surface area contributed by atoms with Crippen molar-refractivity contribution >= 4 is 17.6 Å². The molecule has 0 bridgehead atoms. The summed E-state index contributed by atoms with van der Waals surface area (Å²) in [6, 6.07) is 9.60. The third kappa shape index (κ3) is 6.52. The molecule has 0 spiro atoms. The summed E-state index contributed by atoms with van der Waals surface area (Å²) in [6.45, 7) is 0.753. The van der Waals surface area contributed by atoms with E-state index in [1.807, 2.05) is 0 Å². The summed E-state index contributed by atoms with van der Waals surface area (Å²) in [7, 11) is 1.43. The molecule has 0 aliphatic carbocycles. The van der Waals surface area contributed by atoms with E-state index in [0.717, 1.165) is 23.7 Å². The second kappa shape index (κ2) is 11.6. The molecule has 16 heteroatoms. The van der Waals surface area contributed by atoms with Gasteiger partial charge in [-0.05, 0) is 23.8 Å². The first-order chi connectivity index (χ1) is 20.1. The van der Waals surface area contributed by atoms with Gasteiger partial charge in [0.15, 0.2) is 11.4 Å². The number of rotatable bonds is 6. The number of carboxylic acids is 1. The lowest BCUT2D eigenvalue weighted by Crippen LogP contribution is -2.29. The molecule has 226 valence electrons. The highest BCUT2D eigenvalue weighted by atomic mass is 19.4. The number of benzene rings is 2. The van der Waals surface area contributed by atoms with Crippen LogP contribution in [-0.4, -0.2) is 54.7 Å². The van der Waals surface area contributed by atoms with Gasteiger partial charge in [-0.25, -0.2) is 26.9 Å². The average molecular weight is 610 g/mol. The molecule has 5 aromatic rings. The highest BCUT2D eigenvalue weighted by Crippen LogP contribution is 2.39. The van der Waals surface area contributed by atoms with Crippen LogP contribution in [0.25, 0.3) is 27.9 Å². The Balaban J connectivity index is 0.000000541. The van der Waals surface area contributed by atoms with Gasteiger partial charge >= 0.3 is 12.1 Å². The number of hydrogen-bond acceptors (Lipinski definition) is 6. The first kappa shape index (κ1) is 30.8. The molecule has 43 heavy (non-hydrogen) atoms. The van der Waals surface area contributed by atoms with Crippen molar-refractivity contribution in [3.05, 3.63) is 84.3 Å². The molecule has 0 amide bonds. The second-order valence-electron chi connectivity index (χ2n) is 9.09. The zero-order valence-corrected chi connectivity index (χ0v) is 22.2. The van der Waals surface area contributed by atoms with E-state index >= 15 is 4.39 Å². The van der Waals surface area contributed by atoms with E-state index in [1.54, 1.807) is 24.4 Å². The van der Waals surface area contributed by atoms with Crippen LogP contribution < -0.4 is 10.5 Å². The number of fused-ring (bicyclic) bond motifs is 1. The molecule has 0 aliphatic heterocycles. The number of carboxylic acid groups (broad SMARTS) is 1. The molecule has 3 heterocycles. The summed E-state index contributed by atoms with van der Waals surface area (Å²) in [6.07, 6.45) is -0.852. The Morgan fingerprint density at radius 1 is 1.00 bits per heavy atom. The number of aliphatic carboxylic acids is 1. The van der Waals surface area contributed by atoms with Crippen molar-refractivity contribution in [3.63, 3.8) is 0 Å². The zero-order chi connectivity index (χ0) is 31.7. The SMILES string of the molecule is COc1c(-c2cccc(-c3cnn([C@H](c4ccc(F)cc4)C(C)(F)F)c3)c2F)ccn2nc(N)nc12.O=C(O)C(F)(F)F. The Bertz CT molecular complexity index is 1760. The topological polar surface area (TPSA) is 121 Å². The van der Waals surface area contributed by atoms with E-state index in [0.29, 0.717) is 11.2 Å². The molecule has 0 saturated carbocycles. The molecular weight excluding hydrogens is 589 g/mol. The maximum absolute atomic E-state index is 15.8. The number of nitrogens with two attached hydrogens (primary N) is 1. The number of alkyl halides is 5. The number of nitrogens with zero attached hydrogens (tertiary/aromatic N) is 5.